The van der Waals surface area contributed by atoms with Gasteiger partial charge in [-0.2, -0.15) is 11.3 Å². The highest BCUT2D eigenvalue weighted by atomic mass is 32.1. The Kier molecular flexibility index (Phi) is 4.78. The molecule has 3 nitrogen and oxygen atoms in total. The highest BCUT2D eigenvalue weighted by molar-refractivity contribution is 7.07. The Balaban J connectivity index is 1.58. The Morgan fingerprint density at radius 1 is 1.27 bits per heavy atom. The first-order chi connectivity index (χ1) is 10.7. The Labute approximate surface area is 136 Å². The van der Waals surface area contributed by atoms with Gasteiger partial charge < -0.3 is 10.2 Å². The second kappa shape index (κ2) is 6.97. The molecule has 2 aromatic rings. The van der Waals surface area contributed by atoms with Crippen molar-refractivity contribution < 1.29 is 4.79 Å². The first-order valence-corrected chi connectivity index (χ1v) is 8.83. The Morgan fingerprint density at radius 3 is 2.77 bits per heavy atom. The molecule has 0 aliphatic carbocycles. The zero-order valence-electron chi connectivity index (χ0n) is 13.0. The summed E-state index contributed by atoms with van der Waals surface area (Å²) in [4.78, 5) is 14.5. The molecule has 22 heavy (non-hydrogen) atoms. The lowest BCUT2D eigenvalue weighted by atomic mass is 10.1. The van der Waals surface area contributed by atoms with E-state index >= 15 is 0 Å². The number of amides is 1. The van der Waals surface area contributed by atoms with Crippen LogP contribution in [0.3, 0.4) is 0 Å². The van der Waals surface area contributed by atoms with E-state index in [1.165, 1.54) is 24.1 Å². The molecule has 1 aliphatic rings. The summed E-state index contributed by atoms with van der Waals surface area (Å²) in [6.07, 6.45) is 3.89. The van der Waals surface area contributed by atoms with Crippen LogP contribution in [0.2, 0.25) is 0 Å². The number of benzene rings is 1. The van der Waals surface area contributed by atoms with Gasteiger partial charge in [-0.05, 0) is 72.3 Å². The molecule has 0 spiro atoms. The summed E-state index contributed by atoms with van der Waals surface area (Å²) in [5, 5.41) is 7.19. The van der Waals surface area contributed by atoms with Crippen molar-refractivity contribution in [2.24, 2.45) is 0 Å². The van der Waals surface area contributed by atoms with Crippen LogP contribution in [0, 0.1) is 6.92 Å². The first-order valence-electron chi connectivity index (χ1n) is 7.89. The van der Waals surface area contributed by atoms with Crippen molar-refractivity contribution in [3.05, 3.63) is 46.2 Å². The van der Waals surface area contributed by atoms with Gasteiger partial charge in [0.05, 0.1) is 0 Å². The molecule has 0 radical (unpaired) electrons. The normalized spacial score (nSPS) is 14.3. The lowest BCUT2D eigenvalue weighted by Gasteiger charge is -2.19. The van der Waals surface area contributed by atoms with Gasteiger partial charge in [0.1, 0.15) is 0 Å². The van der Waals surface area contributed by atoms with E-state index in [9.17, 15) is 4.79 Å². The van der Waals surface area contributed by atoms with Crippen molar-refractivity contribution in [2.45, 2.75) is 32.6 Å². The van der Waals surface area contributed by atoms with Crippen molar-refractivity contribution >= 4 is 28.6 Å². The number of carbonyl (C=O) groups excluding carboxylic acids is 1. The number of nitrogens with one attached hydrogen (secondary N) is 1. The van der Waals surface area contributed by atoms with Crippen molar-refractivity contribution in [1.29, 1.82) is 0 Å². The fourth-order valence-electron chi connectivity index (χ4n) is 2.87. The summed E-state index contributed by atoms with van der Waals surface area (Å²) in [6.45, 7) is 4.35. The average Bonchev–Trinajstić information content (AvgIpc) is 3.20. The highest BCUT2D eigenvalue weighted by Gasteiger charge is 2.13. The third-order valence-corrected chi connectivity index (χ3v) is 4.91. The number of hydrogen-bond donors (Lipinski definition) is 1. The Hall–Kier alpha value is -1.81. The van der Waals surface area contributed by atoms with E-state index in [1.807, 2.05) is 6.07 Å². The first kappa shape index (κ1) is 15.1. The van der Waals surface area contributed by atoms with Gasteiger partial charge in [0.2, 0.25) is 5.91 Å². The molecule has 1 aliphatic heterocycles. The quantitative estimate of drug-likeness (QED) is 0.896. The average molecular weight is 314 g/mol. The number of anilines is 2. The third-order valence-electron chi connectivity index (χ3n) is 4.18. The van der Waals surface area contributed by atoms with Crippen LogP contribution in [0.5, 0.6) is 0 Å². The molecule has 0 atom stereocenters. The zero-order chi connectivity index (χ0) is 15.4. The summed E-state index contributed by atoms with van der Waals surface area (Å²) >= 11 is 1.67. The fraction of sp³-hybridized carbons (Fsp3) is 0.389. The van der Waals surface area contributed by atoms with E-state index in [1.54, 1.807) is 11.3 Å². The summed E-state index contributed by atoms with van der Waals surface area (Å²) in [5.41, 5.74) is 4.57. The van der Waals surface area contributed by atoms with Gasteiger partial charge in [-0.25, -0.2) is 0 Å². The topological polar surface area (TPSA) is 32.3 Å². The molecule has 4 heteroatoms. The minimum Gasteiger partial charge on any atom is -0.372 e. The van der Waals surface area contributed by atoms with Gasteiger partial charge >= 0.3 is 0 Å². The van der Waals surface area contributed by atoms with Gasteiger partial charge in [-0.15, -0.1) is 0 Å². The van der Waals surface area contributed by atoms with Gasteiger partial charge in [0.25, 0.3) is 0 Å². The number of rotatable bonds is 5. The highest BCUT2D eigenvalue weighted by Crippen LogP contribution is 2.25. The van der Waals surface area contributed by atoms with Crippen LogP contribution in [-0.2, 0) is 11.2 Å². The smallest absolute Gasteiger partial charge is 0.224 e. The summed E-state index contributed by atoms with van der Waals surface area (Å²) in [7, 11) is 0. The molecule has 1 aromatic carbocycles. The van der Waals surface area contributed by atoms with Gasteiger partial charge in [-0.1, -0.05) is 0 Å². The van der Waals surface area contributed by atoms with E-state index in [0.717, 1.165) is 30.8 Å². The van der Waals surface area contributed by atoms with Crippen molar-refractivity contribution in [3.8, 4) is 0 Å². The summed E-state index contributed by atoms with van der Waals surface area (Å²) in [6, 6.07) is 8.41. The maximum absolute atomic E-state index is 12.1. The minimum atomic E-state index is 0.0863. The van der Waals surface area contributed by atoms with Crippen molar-refractivity contribution in [1.82, 2.24) is 0 Å². The second-order valence-electron chi connectivity index (χ2n) is 5.87. The zero-order valence-corrected chi connectivity index (χ0v) is 13.8. The molecule has 1 N–H and O–H groups in total. The van der Waals surface area contributed by atoms with E-state index in [4.69, 9.17) is 0 Å². The minimum absolute atomic E-state index is 0.0863. The largest absolute Gasteiger partial charge is 0.372 e. The molecule has 2 heterocycles. The van der Waals surface area contributed by atoms with Crippen LogP contribution in [0.4, 0.5) is 11.4 Å². The van der Waals surface area contributed by atoms with Gasteiger partial charge in [0, 0.05) is 30.9 Å². The fourth-order valence-corrected chi connectivity index (χ4v) is 3.57. The predicted octanol–water partition coefficient (Wildman–Crippen LogP) is 4.23. The monoisotopic (exact) mass is 314 g/mol. The summed E-state index contributed by atoms with van der Waals surface area (Å²) < 4.78 is 0. The molecule has 116 valence electrons. The SMILES string of the molecule is Cc1cc(N2CCCC2)ccc1NC(=O)CCc1ccsc1. The maximum Gasteiger partial charge on any atom is 0.224 e. The van der Waals surface area contributed by atoms with Crippen LogP contribution in [0.1, 0.15) is 30.4 Å². The van der Waals surface area contributed by atoms with E-state index in [-0.39, 0.29) is 5.91 Å². The molecule has 1 aromatic heterocycles. The number of thiophene rings is 1. The number of aryl methyl sites for hydroxylation is 2. The number of nitrogens with zero attached hydrogens (tertiary/aromatic N) is 1. The maximum atomic E-state index is 12.1. The second-order valence-corrected chi connectivity index (χ2v) is 6.65. The number of carbonyl (C=O) groups is 1. The standard InChI is InChI=1S/C18H22N2OS/c1-14-12-16(20-9-2-3-10-20)5-6-17(14)19-18(21)7-4-15-8-11-22-13-15/h5-6,8,11-13H,2-4,7,9-10H2,1H3,(H,19,21). The Bertz CT molecular complexity index is 631. The molecule has 0 saturated carbocycles. The van der Waals surface area contributed by atoms with Crippen LogP contribution in [-0.4, -0.2) is 19.0 Å². The van der Waals surface area contributed by atoms with Crippen molar-refractivity contribution in [3.63, 3.8) is 0 Å². The molecule has 1 fully saturated rings. The lowest BCUT2D eigenvalue weighted by molar-refractivity contribution is -0.116. The molecule has 0 bridgehead atoms. The summed E-state index contributed by atoms with van der Waals surface area (Å²) in [5.74, 6) is 0.0863. The molecule has 0 unspecified atom stereocenters. The van der Waals surface area contributed by atoms with E-state index in [0.29, 0.717) is 6.42 Å². The van der Waals surface area contributed by atoms with Crippen LogP contribution >= 0.6 is 11.3 Å². The molecular formula is C18H22N2OS. The van der Waals surface area contributed by atoms with E-state index in [2.05, 4.69) is 46.1 Å². The number of hydrogen-bond acceptors (Lipinski definition) is 3. The molecule has 3 rings (SSSR count). The van der Waals surface area contributed by atoms with E-state index < -0.39 is 0 Å². The molecule has 1 amide bonds. The Morgan fingerprint density at radius 2 is 2.09 bits per heavy atom. The van der Waals surface area contributed by atoms with Crippen LogP contribution in [0.25, 0.3) is 0 Å². The molecule has 1 saturated heterocycles. The van der Waals surface area contributed by atoms with Crippen molar-refractivity contribution in [2.75, 3.05) is 23.3 Å². The van der Waals surface area contributed by atoms with Crippen LogP contribution in [0.15, 0.2) is 35.0 Å². The van der Waals surface area contributed by atoms with Gasteiger partial charge in [0.15, 0.2) is 0 Å². The van der Waals surface area contributed by atoms with Crippen LogP contribution < -0.4 is 10.2 Å². The third kappa shape index (κ3) is 3.69. The lowest BCUT2D eigenvalue weighted by Crippen LogP contribution is -2.18. The predicted molar refractivity (Wildman–Crippen MR) is 93.9 cm³/mol. The van der Waals surface area contributed by atoms with Gasteiger partial charge in [-0.3, -0.25) is 4.79 Å². The molecular weight excluding hydrogens is 292 g/mol.